The molecule has 0 heterocycles. The van der Waals surface area contributed by atoms with Gasteiger partial charge in [-0.2, -0.15) is 0 Å². The number of halogens is 1. The van der Waals surface area contributed by atoms with Crippen molar-refractivity contribution < 1.29 is 9.50 Å². The van der Waals surface area contributed by atoms with E-state index in [1.54, 1.807) is 26.0 Å². The summed E-state index contributed by atoms with van der Waals surface area (Å²) in [6, 6.07) is 4.88. The van der Waals surface area contributed by atoms with Gasteiger partial charge in [0.1, 0.15) is 5.82 Å². The van der Waals surface area contributed by atoms with Gasteiger partial charge in [0.15, 0.2) is 0 Å². The predicted molar refractivity (Wildman–Crippen MR) is 55.5 cm³/mol. The Morgan fingerprint density at radius 3 is 2.36 bits per heavy atom. The number of hydrogen-bond acceptors (Lipinski definition) is 1. The van der Waals surface area contributed by atoms with Crippen molar-refractivity contribution in [1.29, 1.82) is 0 Å². The van der Waals surface area contributed by atoms with Crippen molar-refractivity contribution in [3.8, 4) is 0 Å². The molecule has 0 bridgehead atoms. The molecular weight excluding hydrogens is 179 g/mol. The van der Waals surface area contributed by atoms with Crippen molar-refractivity contribution in [3.63, 3.8) is 0 Å². The largest absolute Gasteiger partial charge is 0.385 e. The van der Waals surface area contributed by atoms with E-state index in [4.69, 9.17) is 0 Å². The number of aliphatic hydroxyl groups is 1. The van der Waals surface area contributed by atoms with Gasteiger partial charge in [-0.25, -0.2) is 4.39 Å². The molecule has 0 spiro atoms. The molecular formula is C12H17FO. The predicted octanol–water partition coefficient (Wildman–Crippen LogP) is 3.00. The molecule has 2 heteroatoms. The molecule has 0 amide bonds. The van der Waals surface area contributed by atoms with E-state index in [2.05, 4.69) is 0 Å². The van der Waals surface area contributed by atoms with Crippen LogP contribution in [0.15, 0.2) is 18.2 Å². The number of aryl methyl sites for hydroxylation is 1. The van der Waals surface area contributed by atoms with Crippen LogP contribution in [0.1, 0.15) is 31.9 Å². The van der Waals surface area contributed by atoms with E-state index in [1.807, 2.05) is 13.8 Å². The van der Waals surface area contributed by atoms with Gasteiger partial charge < -0.3 is 5.11 Å². The van der Waals surface area contributed by atoms with Gasteiger partial charge in [0.2, 0.25) is 0 Å². The van der Waals surface area contributed by atoms with Gasteiger partial charge >= 0.3 is 0 Å². The van der Waals surface area contributed by atoms with E-state index in [0.29, 0.717) is 11.1 Å². The van der Waals surface area contributed by atoms with Crippen LogP contribution in [0.25, 0.3) is 0 Å². The first-order valence-corrected chi connectivity index (χ1v) is 4.84. The Labute approximate surface area is 84.6 Å². The van der Waals surface area contributed by atoms with Gasteiger partial charge in [0.25, 0.3) is 0 Å². The third-order valence-electron chi connectivity index (χ3n) is 2.88. The monoisotopic (exact) mass is 196 g/mol. The van der Waals surface area contributed by atoms with Gasteiger partial charge in [0, 0.05) is 0 Å². The summed E-state index contributed by atoms with van der Waals surface area (Å²) in [5.74, 6) is -0.201. The summed E-state index contributed by atoms with van der Waals surface area (Å²) in [5, 5.41) is 10.1. The van der Waals surface area contributed by atoms with Crippen molar-refractivity contribution in [2.45, 2.75) is 33.3 Å². The zero-order valence-corrected chi connectivity index (χ0v) is 9.13. The Morgan fingerprint density at radius 1 is 1.36 bits per heavy atom. The lowest BCUT2D eigenvalue weighted by Gasteiger charge is -2.28. The molecule has 1 aromatic rings. The van der Waals surface area contributed by atoms with Crippen molar-refractivity contribution in [1.82, 2.24) is 0 Å². The van der Waals surface area contributed by atoms with E-state index in [-0.39, 0.29) is 11.7 Å². The van der Waals surface area contributed by atoms with Crippen molar-refractivity contribution in [2.75, 3.05) is 0 Å². The summed E-state index contributed by atoms with van der Waals surface area (Å²) in [7, 11) is 0. The maximum Gasteiger partial charge on any atom is 0.126 e. The van der Waals surface area contributed by atoms with E-state index in [1.165, 1.54) is 6.07 Å². The van der Waals surface area contributed by atoms with Crippen LogP contribution in [0.4, 0.5) is 4.39 Å². The first-order valence-electron chi connectivity index (χ1n) is 4.84. The SMILES string of the molecule is Cc1ccc([C@](C)(O)C(C)C)cc1F. The van der Waals surface area contributed by atoms with Gasteiger partial charge in [-0.1, -0.05) is 26.0 Å². The zero-order valence-electron chi connectivity index (χ0n) is 9.13. The van der Waals surface area contributed by atoms with Crippen LogP contribution in [0.5, 0.6) is 0 Å². The number of rotatable bonds is 2. The van der Waals surface area contributed by atoms with E-state index in [0.717, 1.165) is 0 Å². The first-order chi connectivity index (χ1) is 6.35. The van der Waals surface area contributed by atoms with Gasteiger partial charge in [-0.05, 0) is 37.0 Å². The lowest BCUT2D eigenvalue weighted by molar-refractivity contribution is 0.00876. The molecule has 1 atom stereocenters. The molecule has 0 aliphatic rings. The van der Waals surface area contributed by atoms with Crippen LogP contribution in [0.2, 0.25) is 0 Å². The van der Waals surface area contributed by atoms with Crippen LogP contribution in [0, 0.1) is 18.7 Å². The fourth-order valence-electron chi connectivity index (χ4n) is 1.24. The fourth-order valence-corrected chi connectivity index (χ4v) is 1.24. The molecule has 0 aromatic heterocycles. The van der Waals surface area contributed by atoms with Crippen LogP contribution in [-0.4, -0.2) is 5.11 Å². The van der Waals surface area contributed by atoms with Crippen molar-refractivity contribution in [3.05, 3.63) is 35.1 Å². The maximum atomic E-state index is 13.3. The topological polar surface area (TPSA) is 20.2 Å². The van der Waals surface area contributed by atoms with Gasteiger partial charge in [-0.3, -0.25) is 0 Å². The van der Waals surface area contributed by atoms with E-state index in [9.17, 15) is 9.50 Å². The van der Waals surface area contributed by atoms with Crippen LogP contribution in [0.3, 0.4) is 0 Å². The molecule has 78 valence electrons. The average molecular weight is 196 g/mol. The fraction of sp³-hybridized carbons (Fsp3) is 0.500. The number of benzene rings is 1. The Balaban J connectivity index is 3.14. The molecule has 0 saturated heterocycles. The second-order valence-corrected chi connectivity index (χ2v) is 4.27. The van der Waals surface area contributed by atoms with Gasteiger partial charge in [-0.15, -0.1) is 0 Å². The molecule has 0 radical (unpaired) electrons. The molecule has 14 heavy (non-hydrogen) atoms. The van der Waals surface area contributed by atoms with Gasteiger partial charge in [0.05, 0.1) is 5.60 Å². The highest BCUT2D eigenvalue weighted by Gasteiger charge is 2.27. The molecule has 0 saturated carbocycles. The molecule has 1 rings (SSSR count). The second-order valence-electron chi connectivity index (χ2n) is 4.27. The maximum absolute atomic E-state index is 13.3. The Hall–Kier alpha value is -0.890. The summed E-state index contributed by atoms with van der Waals surface area (Å²) in [6.45, 7) is 7.25. The average Bonchev–Trinajstić information content (AvgIpc) is 2.09. The third-order valence-corrected chi connectivity index (χ3v) is 2.88. The third kappa shape index (κ3) is 1.95. The van der Waals surface area contributed by atoms with Crippen molar-refractivity contribution >= 4 is 0 Å². The summed E-state index contributed by atoms with van der Waals surface area (Å²) in [5.41, 5.74) is 0.276. The highest BCUT2D eigenvalue weighted by Crippen LogP contribution is 2.29. The normalized spacial score (nSPS) is 15.6. The molecule has 0 aliphatic carbocycles. The van der Waals surface area contributed by atoms with Crippen LogP contribution < -0.4 is 0 Å². The standard InChI is InChI=1S/C12H17FO/c1-8(2)12(4,14)10-6-5-9(3)11(13)7-10/h5-8,14H,1-4H3/t12-/m1/s1. The molecule has 1 aromatic carbocycles. The lowest BCUT2D eigenvalue weighted by atomic mass is 9.85. The second kappa shape index (κ2) is 3.70. The molecule has 1 nitrogen and oxygen atoms in total. The molecule has 1 N–H and O–H groups in total. The first kappa shape index (κ1) is 11.2. The van der Waals surface area contributed by atoms with Crippen molar-refractivity contribution in [2.24, 2.45) is 5.92 Å². The summed E-state index contributed by atoms with van der Waals surface area (Å²) in [4.78, 5) is 0. The highest BCUT2D eigenvalue weighted by atomic mass is 19.1. The minimum Gasteiger partial charge on any atom is -0.385 e. The Kier molecular flexibility index (Phi) is 2.95. The van der Waals surface area contributed by atoms with Crippen LogP contribution >= 0.6 is 0 Å². The summed E-state index contributed by atoms with van der Waals surface area (Å²) < 4.78 is 13.3. The van der Waals surface area contributed by atoms with Crippen LogP contribution in [-0.2, 0) is 5.60 Å². The quantitative estimate of drug-likeness (QED) is 0.771. The summed E-state index contributed by atoms with van der Waals surface area (Å²) in [6.07, 6.45) is 0. The summed E-state index contributed by atoms with van der Waals surface area (Å²) >= 11 is 0. The van der Waals surface area contributed by atoms with E-state index < -0.39 is 5.60 Å². The lowest BCUT2D eigenvalue weighted by Crippen LogP contribution is -2.28. The minimum atomic E-state index is -0.964. The Morgan fingerprint density at radius 2 is 1.93 bits per heavy atom. The zero-order chi connectivity index (χ0) is 10.9. The van der Waals surface area contributed by atoms with E-state index >= 15 is 0 Å². The number of hydrogen-bond donors (Lipinski definition) is 1. The Bertz CT molecular complexity index is 329. The minimum absolute atomic E-state index is 0.0598. The molecule has 0 aliphatic heterocycles. The molecule has 0 unspecified atom stereocenters. The highest BCUT2D eigenvalue weighted by molar-refractivity contribution is 5.27. The molecule has 0 fully saturated rings. The smallest absolute Gasteiger partial charge is 0.126 e.